The van der Waals surface area contributed by atoms with Crippen LogP contribution in [0.15, 0.2) is 36.5 Å². The molecular weight excluding hydrogens is 273 g/mol. The van der Waals surface area contributed by atoms with Crippen molar-refractivity contribution in [1.82, 2.24) is 9.97 Å². The van der Waals surface area contributed by atoms with Crippen LogP contribution in [-0.4, -0.2) is 34.8 Å². The summed E-state index contributed by atoms with van der Waals surface area (Å²) in [6.07, 6.45) is 1.63. The van der Waals surface area contributed by atoms with Gasteiger partial charge in [0, 0.05) is 18.8 Å². The molecule has 1 fully saturated rings. The van der Waals surface area contributed by atoms with Gasteiger partial charge in [-0.3, -0.25) is 0 Å². The van der Waals surface area contributed by atoms with Crippen LogP contribution in [0.2, 0.25) is 0 Å². The van der Waals surface area contributed by atoms with Gasteiger partial charge in [-0.15, -0.1) is 0 Å². The minimum absolute atomic E-state index is 0.150. The van der Waals surface area contributed by atoms with Crippen molar-refractivity contribution in [2.24, 2.45) is 0 Å². The second-order valence-corrected chi connectivity index (χ2v) is 5.01. The van der Waals surface area contributed by atoms with Gasteiger partial charge in [0.05, 0.1) is 19.3 Å². The highest BCUT2D eigenvalue weighted by Crippen LogP contribution is 2.35. The van der Waals surface area contributed by atoms with Crippen molar-refractivity contribution in [3.05, 3.63) is 47.9 Å². The van der Waals surface area contributed by atoms with Crippen molar-refractivity contribution < 1.29 is 14.2 Å². The second kappa shape index (κ2) is 5.65. The van der Waals surface area contributed by atoms with Gasteiger partial charge >= 0.3 is 0 Å². The lowest BCUT2D eigenvalue weighted by atomic mass is 10.0. The zero-order valence-corrected chi connectivity index (χ0v) is 11.6. The zero-order valence-electron chi connectivity index (χ0n) is 11.6. The summed E-state index contributed by atoms with van der Waals surface area (Å²) < 4.78 is 18.5. The molecule has 0 amide bonds. The molecular formula is C15H16FN3O2. The first-order valence-electron chi connectivity index (χ1n) is 6.74. The van der Waals surface area contributed by atoms with E-state index < -0.39 is 6.10 Å². The largest absolute Gasteiger partial charge is 0.481 e. The first kappa shape index (κ1) is 13.8. The highest BCUT2D eigenvalue weighted by Gasteiger charge is 2.34. The molecule has 1 aliphatic rings. The van der Waals surface area contributed by atoms with Crippen molar-refractivity contribution in [2.75, 3.05) is 18.6 Å². The number of hydrogen-bond acceptors (Lipinski definition) is 5. The van der Waals surface area contributed by atoms with Crippen LogP contribution < -0.4 is 9.64 Å². The number of halogens is 1. The van der Waals surface area contributed by atoms with Gasteiger partial charge in [0.15, 0.2) is 0 Å². The Morgan fingerprint density at radius 1 is 1.38 bits per heavy atom. The molecule has 0 saturated carbocycles. The summed E-state index contributed by atoms with van der Waals surface area (Å²) in [4.78, 5) is 10.4. The van der Waals surface area contributed by atoms with Gasteiger partial charge < -0.3 is 14.7 Å². The predicted molar refractivity (Wildman–Crippen MR) is 75.7 cm³/mol. The number of ether oxygens (including phenoxy) is 1. The number of methoxy groups -OCH3 is 1. The van der Waals surface area contributed by atoms with Gasteiger partial charge in [-0.2, -0.15) is 4.98 Å². The minimum atomic E-state index is -0.493. The second-order valence-electron chi connectivity index (χ2n) is 5.01. The van der Waals surface area contributed by atoms with E-state index in [1.54, 1.807) is 18.3 Å². The average molecular weight is 289 g/mol. The Labute approximate surface area is 122 Å². The third-order valence-corrected chi connectivity index (χ3v) is 3.60. The van der Waals surface area contributed by atoms with E-state index in [9.17, 15) is 9.50 Å². The first-order valence-corrected chi connectivity index (χ1v) is 6.74. The molecule has 21 heavy (non-hydrogen) atoms. The highest BCUT2D eigenvalue weighted by molar-refractivity contribution is 5.40. The summed E-state index contributed by atoms with van der Waals surface area (Å²) in [6, 6.07) is 7.91. The Kier molecular flexibility index (Phi) is 3.70. The summed E-state index contributed by atoms with van der Waals surface area (Å²) >= 11 is 0. The van der Waals surface area contributed by atoms with Crippen molar-refractivity contribution in [3.8, 4) is 5.88 Å². The van der Waals surface area contributed by atoms with Gasteiger partial charge in [-0.05, 0) is 24.1 Å². The number of aromatic nitrogens is 2. The summed E-state index contributed by atoms with van der Waals surface area (Å²) in [7, 11) is 1.54. The highest BCUT2D eigenvalue weighted by atomic mass is 19.1. The summed E-state index contributed by atoms with van der Waals surface area (Å²) in [6.45, 7) is 0.411. The summed E-state index contributed by atoms with van der Waals surface area (Å²) in [5, 5.41) is 9.97. The van der Waals surface area contributed by atoms with Crippen molar-refractivity contribution in [3.63, 3.8) is 0 Å². The Hall–Kier alpha value is -2.21. The molecule has 0 spiro atoms. The van der Waals surface area contributed by atoms with Crippen LogP contribution in [-0.2, 0) is 0 Å². The molecule has 6 heteroatoms. The van der Waals surface area contributed by atoms with E-state index in [0.717, 1.165) is 5.56 Å². The van der Waals surface area contributed by atoms with Crippen LogP contribution in [0.25, 0.3) is 0 Å². The Morgan fingerprint density at radius 2 is 2.24 bits per heavy atom. The van der Waals surface area contributed by atoms with E-state index in [4.69, 9.17) is 4.74 Å². The van der Waals surface area contributed by atoms with Crippen LogP contribution in [0.3, 0.4) is 0 Å². The fourth-order valence-corrected chi connectivity index (χ4v) is 2.65. The SMILES string of the molecule is COc1ccnc(N2C[C@H](O)C[C@@H]2c2cccc(F)c2)n1. The molecule has 1 N–H and O–H groups in total. The van der Waals surface area contributed by atoms with E-state index in [1.807, 2.05) is 11.0 Å². The molecule has 2 heterocycles. The maximum Gasteiger partial charge on any atom is 0.229 e. The summed E-state index contributed by atoms with van der Waals surface area (Å²) in [5.41, 5.74) is 0.804. The molecule has 1 saturated heterocycles. The number of aliphatic hydroxyl groups excluding tert-OH is 1. The molecule has 2 aromatic rings. The van der Waals surface area contributed by atoms with Crippen LogP contribution in [0.1, 0.15) is 18.0 Å². The van der Waals surface area contributed by atoms with Gasteiger partial charge in [0.25, 0.3) is 0 Å². The summed E-state index contributed by atoms with van der Waals surface area (Å²) in [5.74, 6) is 0.639. The number of hydrogen-bond donors (Lipinski definition) is 1. The molecule has 5 nitrogen and oxygen atoms in total. The minimum Gasteiger partial charge on any atom is -0.481 e. The molecule has 1 aromatic carbocycles. The van der Waals surface area contributed by atoms with Gasteiger partial charge in [0.1, 0.15) is 5.82 Å². The quantitative estimate of drug-likeness (QED) is 0.935. The Morgan fingerprint density at radius 3 is 3.00 bits per heavy atom. The fraction of sp³-hybridized carbons (Fsp3) is 0.333. The Bertz CT molecular complexity index is 638. The first-order chi connectivity index (χ1) is 10.2. The number of β-amino-alcohol motifs (C(OH)–C–C–N with tert-alkyl or cyclic N) is 1. The molecule has 0 radical (unpaired) electrons. The standard InChI is InChI=1S/C15H16FN3O2/c1-21-14-5-6-17-15(18-14)19-9-12(20)8-13(19)10-3-2-4-11(16)7-10/h2-7,12-13,20H,8-9H2,1H3/t12-,13-/m1/s1. The Balaban J connectivity index is 1.95. The lowest BCUT2D eigenvalue weighted by Gasteiger charge is -2.24. The van der Waals surface area contributed by atoms with Crippen molar-refractivity contribution >= 4 is 5.95 Å². The normalized spacial score (nSPS) is 21.6. The van der Waals surface area contributed by atoms with E-state index in [1.165, 1.54) is 19.2 Å². The lowest BCUT2D eigenvalue weighted by Crippen LogP contribution is -2.26. The smallest absolute Gasteiger partial charge is 0.229 e. The van der Waals surface area contributed by atoms with E-state index in [2.05, 4.69) is 9.97 Å². The molecule has 110 valence electrons. The third-order valence-electron chi connectivity index (χ3n) is 3.60. The predicted octanol–water partition coefficient (Wildman–Crippen LogP) is 1.94. The van der Waals surface area contributed by atoms with Gasteiger partial charge in [-0.1, -0.05) is 12.1 Å². The maximum absolute atomic E-state index is 13.4. The maximum atomic E-state index is 13.4. The molecule has 3 rings (SSSR count). The van der Waals surface area contributed by atoms with Crippen LogP contribution in [0, 0.1) is 5.82 Å². The molecule has 2 atom stereocenters. The molecule has 0 bridgehead atoms. The van der Waals surface area contributed by atoms with Crippen molar-refractivity contribution in [1.29, 1.82) is 0 Å². The van der Waals surface area contributed by atoms with E-state index in [0.29, 0.717) is 24.8 Å². The van der Waals surface area contributed by atoms with Crippen molar-refractivity contribution in [2.45, 2.75) is 18.6 Å². The average Bonchev–Trinajstić information content (AvgIpc) is 2.89. The number of rotatable bonds is 3. The van der Waals surface area contributed by atoms with Gasteiger partial charge in [-0.25, -0.2) is 9.37 Å². The topological polar surface area (TPSA) is 58.5 Å². The fourth-order valence-electron chi connectivity index (χ4n) is 2.65. The van der Waals surface area contributed by atoms with E-state index >= 15 is 0 Å². The zero-order chi connectivity index (χ0) is 14.8. The van der Waals surface area contributed by atoms with E-state index in [-0.39, 0.29) is 11.9 Å². The third kappa shape index (κ3) is 2.80. The number of benzene rings is 1. The van der Waals surface area contributed by atoms with Crippen LogP contribution in [0.5, 0.6) is 5.88 Å². The molecule has 1 aliphatic heterocycles. The van der Waals surface area contributed by atoms with Crippen LogP contribution in [0.4, 0.5) is 10.3 Å². The lowest BCUT2D eigenvalue weighted by molar-refractivity contribution is 0.194. The van der Waals surface area contributed by atoms with Gasteiger partial charge in [0.2, 0.25) is 11.8 Å². The molecule has 0 aliphatic carbocycles. The molecule has 1 aromatic heterocycles. The monoisotopic (exact) mass is 289 g/mol. The molecule has 0 unspecified atom stereocenters. The van der Waals surface area contributed by atoms with Crippen LogP contribution >= 0.6 is 0 Å². The number of aliphatic hydroxyl groups is 1. The number of anilines is 1. The number of nitrogens with zero attached hydrogens (tertiary/aromatic N) is 3.